The van der Waals surface area contributed by atoms with Gasteiger partial charge in [-0.2, -0.15) is 0 Å². The Morgan fingerprint density at radius 3 is 2.69 bits per heavy atom. The van der Waals surface area contributed by atoms with E-state index in [-0.39, 0.29) is 11.7 Å². The van der Waals surface area contributed by atoms with Crippen LogP contribution in [0.2, 0.25) is 0 Å². The summed E-state index contributed by atoms with van der Waals surface area (Å²) >= 11 is 0. The average Bonchev–Trinajstić information content (AvgIpc) is 2.96. The maximum atomic E-state index is 14.0. The van der Waals surface area contributed by atoms with Crippen molar-refractivity contribution in [2.45, 2.75) is 40.0 Å². The van der Waals surface area contributed by atoms with E-state index in [1.807, 2.05) is 39.1 Å². The minimum Gasteiger partial charge on any atom is -0.356 e. The van der Waals surface area contributed by atoms with Gasteiger partial charge in [0, 0.05) is 35.9 Å². The van der Waals surface area contributed by atoms with Crippen LogP contribution in [0.3, 0.4) is 0 Å². The normalized spacial score (nSPS) is 11.1. The van der Waals surface area contributed by atoms with E-state index >= 15 is 0 Å². The van der Waals surface area contributed by atoms with Crippen molar-refractivity contribution in [3.63, 3.8) is 0 Å². The van der Waals surface area contributed by atoms with Crippen LogP contribution in [0.1, 0.15) is 34.5 Å². The largest absolute Gasteiger partial charge is 0.356 e. The van der Waals surface area contributed by atoms with Gasteiger partial charge in [-0.3, -0.25) is 9.78 Å². The molecule has 4 nitrogen and oxygen atoms in total. The number of benzene rings is 1. The fourth-order valence-corrected chi connectivity index (χ4v) is 3.27. The molecule has 1 amide bonds. The van der Waals surface area contributed by atoms with Crippen LogP contribution in [0.4, 0.5) is 4.39 Å². The van der Waals surface area contributed by atoms with Crippen LogP contribution in [0, 0.1) is 26.6 Å². The predicted molar refractivity (Wildman–Crippen MR) is 102 cm³/mol. The highest BCUT2D eigenvalue weighted by Crippen LogP contribution is 2.27. The number of aryl methyl sites for hydroxylation is 4. The molecule has 0 unspecified atom stereocenters. The number of halogens is 1. The summed E-state index contributed by atoms with van der Waals surface area (Å²) in [5.41, 5.74) is 5.64. The van der Waals surface area contributed by atoms with Crippen molar-refractivity contribution in [3.05, 3.63) is 64.4 Å². The van der Waals surface area contributed by atoms with Crippen molar-refractivity contribution in [2.24, 2.45) is 0 Å². The predicted octanol–water partition coefficient (Wildman–Crippen LogP) is 3.92. The van der Waals surface area contributed by atoms with Gasteiger partial charge in [0.05, 0.1) is 5.52 Å². The first kappa shape index (κ1) is 18.1. The van der Waals surface area contributed by atoms with Gasteiger partial charge in [0.15, 0.2) is 0 Å². The van der Waals surface area contributed by atoms with Gasteiger partial charge in [0.25, 0.3) is 0 Å². The van der Waals surface area contributed by atoms with Crippen molar-refractivity contribution in [2.75, 3.05) is 6.54 Å². The molecule has 3 rings (SSSR count). The smallest absolute Gasteiger partial charge is 0.220 e. The molecule has 0 aliphatic heterocycles. The maximum Gasteiger partial charge on any atom is 0.220 e. The number of H-pyrrole nitrogens is 1. The average molecular weight is 353 g/mol. The monoisotopic (exact) mass is 353 g/mol. The third-order valence-electron chi connectivity index (χ3n) is 4.74. The molecule has 0 radical (unpaired) electrons. The van der Waals surface area contributed by atoms with Gasteiger partial charge in [-0.1, -0.05) is 12.1 Å². The molecule has 2 aromatic heterocycles. The lowest BCUT2D eigenvalue weighted by Crippen LogP contribution is -2.26. The molecule has 0 fully saturated rings. The van der Waals surface area contributed by atoms with Crippen LogP contribution in [-0.4, -0.2) is 22.4 Å². The lowest BCUT2D eigenvalue weighted by Gasteiger charge is -2.07. The summed E-state index contributed by atoms with van der Waals surface area (Å²) in [6, 6.07) is 7.23. The van der Waals surface area contributed by atoms with Crippen LogP contribution < -0.4 is 5.32 Å². The number of carbonyl (C=O) groups excluding carboxylic acids is 1. The number of aromatic nitrogens is 2. The van der Waals surface area contributed by atoms with Gasteiger partial charge in [-0.25, -0.2) is 4.39 Å². The summed E-state index contributed by atoms with van der Waals surface area (Å²) < 4.78 is 14.0. The first-order valence-corrected chi connectivity index (χ1v) is 8.90. The van der Waals surface area contributed by atoms with E-state index in [9.17, 15) is 9.18 Å². The highest BCUT2D eigenvalue weighted by molar-refractivity contribution is 5.88. The number of pyridine rings is 1. The molecular formula is C21H24FN3O. The Kier molecular flexibility index (Phi) is 5.35. The highest BCUT2D eigenvalue weighted by atomic mass is 19.1. The maximum absolute atomic E-state index is 14.0. The standard InChI is InChI=1S/C21H24FN3O/c1-13-4-8-18(22)21-20(13)17(15(3)25-21)10-11-23-19(26)9-7-16-6-5-14(2)24-12-16/h4-6,8,12,25H,7,9-11H2,1-3H3,(H,23,26). The molecule has 0 saturated carbocycles. The molecule has 5 heteroatoms. The molecule has 2 N–H and O–H groups in total. The van der Waals surface area contributed by atoms with E-state index in [0.29, 0.717) is 31.3 Å². The fourth-order valence-electron chi connectivity index (χ4n) is 3.27. The van der Waals surface area contributed by atoms with Crippen molar-refractivity contribution in [1.82, 2.24) is 15.3 Å². The van der Waals surface area contributed by atoms with E-state index in [4.69, 9.17) is 0 Å². The molecule has 1 aromatic carbocycles. The lowest BCUT2D eigenvalue weighted by molar-refractivity contribution is -0.121. The van der Waals surface area contributed by atoms with Crippen LogP contribution in [0.15, 0.2) is 30.5 Å². The van der Waals surface area contributed by atoms with E-state index < -0.39 is 0 Å². The van der Waals surface area contributed by atoms with Gasteiger partial charge in [0.1, 0.15) is 5.82 Å². The zero-order valence-electron chi connectivity index (χ0n) is 15.4. The minimum atomic E-state index is -0.240. The number of fused-ring (bicyclic) bond motifs is 1. The number of rotatable bonds is 6. The van der Waals surface area contributed by atoms with Crippen LogP contribution in [-0.2, 0) is 17.6 Å². The van der Waals surface area contributed by atoms with Gasteiger partial charge in [0.2, 0.25) is 5.91 Å². The topological polar surface area (TPSA) is 57.8 Å². The number of carbonyl (C=O) groups is 1. The third-order valence-corrected chi connectivity index (χ3v) is 4.74. The summed E-state index contributed by atoms with van der Waals surface area (Å²) in [6.07, 6.45) is 3.60. The molecular weight excluding hydrogens is 329 g/mol. The third kappa shape index (κ3) is 3.93. The van der Waals surface area contributed by atoms with Gasteiger partial charge >= 0.3 is 0 Å². The Morgan fingerprint density at radius 2 is 1.96 bits per heavy atom. The second-order valence-electron chi connectivity index (χ2n) is 6.75. The first-order valence-electron chi connectivity index (χ1n) is 8.90. The van der Waals surface area contributed by atoms with Gasteiger partial charge in [-0.15, -0.1) is 0 Å². The number of nitrogens with zero attached hydrogens (tertiary/aromatic N) is 1. The Hall–Kier alpha value is -2.69. The molecule has 26 heavy (non-hydrogen) atoms. The van der Waals surface area contributed by atoms with Crippen molar-refractivity contribution in [1.29, 1.82) is 0 Å². The lowest BCUT2D eigenvalue weighted by atomic mass is 10.0. The van der Waals surface area contributed by atoms with E-state index in [1.54, 1.807) is 6.07 Å². The Bertz CT molecular complexity index is 929. The Balaban J connectivity index is 1.57. The van der Waals surface area contributed by atoms with Crippen LogP contribution >= 0.6 is 0 Å². The van der Waals surface area contributed by atoms with E-state index in [1.165, 1.54) is 6.07 Å². The van der Waals surface area contributed by atoms with E-state index in [2.05, 4.69) is 15.3 Å². The van der Waals surface area contributed by atoms with Crippen LogP contribution in [0.5, 0.6) is 0 Å². The van der Waals surface area contributed by atoms with Crippen LogP contribution in [0.25, 0.3) is 10.9 Å². The molecule has 136 valence electrons. The zero-order chi connectivity index (χ0) is 18.7. The molecule has 3 aromatic rings. The fraction of sp³-hybridized carbons (Fsp3) is 0.333. The quantitative estimate of drug-likeness (QED) is 0.706. The minimum absolute atomic E-state index is 0.0194. The summed E-state index contributed by atoms with van der Waals surface area (Å²) in [5, 5.41) is 3.89. The summed E-state index contributed by atoms with van der Waals surface area (Å²) in [6.45, 7) is 6.40. The van der Waals surface area contributed by atoms with Gasteiger partial charge in [-0.05, 0) is 62.4 Å². The molecule has 0 aliphatic rings. The molecule has 0 saturated heterocycles. The second-order valence-corrected chi connectivity index (χ2v) is 6.75. The summed E-state index contributed by atoms with van der Waals surface area (Å²) in [5.74, 6) is -0.221. The molecule has 2 heterocycles. The molecule has 0 spiro atoms. The van der Waals surface area contributed by atoms with Gasteiger partial charge < -0.3 is 10.3 Å². The number of hydrogen-bond donors (Lipinski definition) is 2. The highest BCUT2D eigenvalue weighted by Gasteiger charge is 2.14. The Morgan fingerprint density at radius 1 is 1.15 bits per heavy atom. The first-order chi connectivity index (χ1) is 12.5. The summed E-state index contributed by atoms with van der Waals surface area (Å²) in [4.78, 5) is 19.5. The van der Waals surface area contributed by atoms with Crippen molar-refractivity contribution in [3.8, 4) is 0 Å². The molecule has 0 atom stereocenters. The zero-order valence-corrected chi connectivity index (χ0v) is 15.4. The van der Waals surface area contributed by atoms with E-state index in [0.717, 1.165) is 33.5 Å². The Labute approximate surface area is 152 Å². The molecule has 0 aliphatic carbocycles. The molecule has 0 bridgehead atoms. The number of hydrogen-bond acceptors (Lipinski definition) is 2. The van der Waals surface area contributed by atoms with Crippen molar-refractivity contribution >= 4 is 16.8 Å². The SMILES string of the molecule is Cc1ccc(CCC(=O)NCCc2c(C)[nH]c3c(F)ccc(C)c23)cn1. The number of nitrogens with one attached hydrogen (secondary N) is 2. The number of aromatic amines is 1. The number of amides is 1. The van der Waals surface area contributed by atoms with Crippen molar-refractivity contribution < 1.29 is 9.18 Å². The second kappa shape index (κ2) is 7.68. The summed E-state index contributed by atoms with van der Waals surface area (Å²) in [7, 11) is 0.